The second-order valence-corrected chi connectivity index (χ2v) is 10.0. The molecule has 3 rings (SSSR count). The molecule has 10 heteroatoms. The molecule has 7 nitrogen and oxygen atoms in total. The number of ether oxygens (including phenoxy) is 1. The third-order valence-electron chi connectivity index (χ3n) is 4.92. The summed E-state index contributed by atoms with van der Waals surface area (Å²) in [5.74, 6) is -0.103. The lowest BCUT2D eigenvalue weighted by Gasteiger charge is -2.22. The Morgan fingerprint density at radius 2 is 1.81 bits per heavy atom. The van der Waals surface area contributed by atoms with Gasteiger partial charge in [0.1, 0.15) is 4.90 Å². The standard InChI is InChI=1S/C22H24Cl2N2O5S/c1-2-31-21(27)11-12-26(14-15-3-4-15)22(28)16-5-8-18(9-6-16)25-32(29,30)20-13-17(23)7-10-19(20)24/h5-10,13,15,25H,2-4,11-12,14H2,1H3. The van der Waals surface area contributed by atoms with Crippen molar-refractivity contribution in [1.82, 2.24) is 4.90 Å². The van der Waals surface area contributed by atoms with Crippen LogP contribution in [0.25, 0.3) is 0 Å². The molecule has 0 saturated heterocycles. The molecule has 0 atom stereocenters. The average Bonchev–Trinajstić information content (AvgIpc) is 3.57. The van der Waals surface area contributed by atoms with E-state index in [1.165, 1.54) is 30.3 Å². The second kappa shape index (κ2) is 10.6. The van der Waals surface area contributed by atoms with Crippen LogP contribution >= 0.6 is 23.2 Å². The van der Waals surface area contributed by atoms with Gasteiger partial charge in [0.05, 0.1) is 18.1 Å². The van der Waals surface area contributed by atoms with Crippen LogP contribution in [0.4, 0.5) is 5.69 Å². The van der Waals surface area contributed by atoms with Crippen LogP contribution < -0.4 is 4.72 Å². The van der Waals surface area contributed by atoms with Gasteiger partial charge >= 0.3 is 5.97 Å². The number of anilines is 1. The van der Waals surface area contributed by atoms with Crippen LogP contribution in [-0.4, -0.2) is 44.9 Å². The van der Waals surface area contributed by atoms with Crippen LogP contribution in [0, 0.1) is 5.92 Å². The summed E-state index contributed by atoms with van der Waals surface area (Å²) < 4.78 is 32.7. The second-order valence-electron chi connectivity index (χ2n) is 7.51. The summed E-state index contributed by atoms with van der Waals surface area (Å²) in [5.41, 5.74) is 0.677. The first-order valence-electron chi connectivity index (χ1n) is 10.2. The number of hydrogen-bond donors (Lipinski definition) is 1. The van der Waals surface area contributed by atoms with Crippen molar-refractivity contribution in [2.24, 2.45) is 5.92 Å². The van der Waals surface area contributed by atoms with Crippen molar-refractivity contribution in [1.29, 1.82) is 0 Å². The first-order chi connectivity index (χ1) is 15.2. The molecule has 2 aromatic rings. The van der Waals surface area contributed by atoms with Crippen LogP contribution in [0.3, 0.4) is 0 Å². The molecule has 1 N–H and O–H groups in total. The van der Waals surface area contributed by atoms with Crippen molar-refractivity contribution < 1.29 is 22.7 Å². The van der Waals surface area contributed by atoms with Gasteiger partial charge in [-0.1, -0.05) is 23.2 Å². The Bertz CT molecular complexity index is 1090. The minimum Gasteiger partial charge on any atom is -0.466 e. The molecular weight excluding hydrogens is 475 g/mol. The van der Waals surface area contributed by atoms with Gasteiger partial charge in [-0.3, -0.25) is 14.3 Å². The number of nitrogens with one attached hydrogen (secondary N) is 1. The maximum absolute atomic E-state index is 13.0. The molecule has 1 aliphatic rings. The molecule has 0 aromatic heterocycles. The Morgan fingerprint density at radius 1 is 1.12 bits per heavy atom. The van der Waals surface area contributed by atoms with Crippen molar-refractivity contribution in [3.63, 3.8) is 0 Å². The fourth-order valence-corrected chi connectivity index (χ4v) is 4.93. The lowest BCUT2D eigenvalue weighted by molar-refractivity contribution is -0.143. The van der Waals surface area contributed by atoms with Gasteiger partial charge in [0.25, 0.3) is 15.9 Å². The third kappa shape index (κ3) is 6.60. The van der Waals surface area contributed by atoms with Gasteiger partial charge < -0.3 is 9.64 Å². The number of benzene rings is 2. The molecular formula is C22H24Cl2N2O5S. The number of rotatable bonds is 10. The van der Waals surface area contributed by atoms with Crippen molar-refractivity contribution in [3.05, 3.63) is 58.1 Å². The molecule has 1 aliphatic carbocycles. The maximum atomic E-state index is 13.0. The number of carbonyl (C=O) groups is 2. The molecule has 172 valence electrons. The third-order valence-corrected chi connectivity index (χ3v) is 7.02. The van der Waals surface area contributed by atoms with Crippen LogP contribution in [0.1, 0.15) is 36.5 Å². The molecule has 0 bridgehead atoms. The first-order valence-corrected chi connectivity index (χ1v) is 12.5. The Kier molecular flexibility index (Phi) is 8.03. The number of sulfonamides is 1. The highest BCUT2D eigenvalue weighted by molar-refractivity contribution is 7.92. The van der Waals surface area contributed by atoms with Crippen LogP contribution in [0.5, 0.6) is 0 Å². The fourth-order valence-electron chi connectivity index (χ4n) is 3.10. The van der Waals surface area contributed by atoms with Crippen LogP contribution in [-0.2, 0) is 19.6 Å². The lowest BCUT2D eigenvalue weighted by atomic mass is 10.1. The van der Waals surface area contributed by atoms with Crippen molar-refractivity contribution in [2.75, 3.05) is 24.4 Å². The van der Waals surface area contributed by atoms with E-state index in [4.69, 9.17) is 27.9 Å². The van der Waals surface area contributed by atoms with Crippen molar-refractivity contribution >= 4 is 50.8 Å². The number of amides is 1. The molecule has 0 aliphatic heterocycles. The zero-order chi connectivity index (χ0) is 23.3. The average molecular weight is 499 g/mol. The van der Waals surface area contributed by atoms with Crippen LogP contribution in [0.2, 0.25) is 10.0 Å². The highest BCUT2D eigenvalue weighted by Crippen LogP contribution is 2.30. The fraction of sp³-hybridized carbons (Fsp3) is 0.364. The lowest BCUT2D eigenvalue weighted by Crippen LogP contribution is -2.35. The zero-order valence-corrected chi connectivity index (χ0v) is 19.8. The molecule has 0 heterocycles. The Hall–Kier alpha value is -2.29. The molecule has 1 fully saturated rings. The number of nitrogens with zero attached hydrogens (tertiary/aromatic N) is 1. The van der Waals surface area contributed by atoms with Gasteiger partial charge in [-0.15, -0.1) is 0 Å². The number of esters is 1. The summed E-state index contributed by atoms with van der Waals surface area (Å²) in [4.78, 5) is 26.2. The molecule has 1 amide bonds. The highest BCUT2D eigenvalue weighted by atomic mass is 35.5. The molecule has 2 aromatic carbocycles. The Balaban J connectivity index is 1.70. The highest BCUT2D eigenvalue weighted by Gasteiger charge is 2.28. The van der Waals surface area contributed by atoms with E-state index in [0.29, 0.717) is 24.6 Å². The van der Waals surface area contributed by atoms with E-state index in [9.17, 15) is 18.0 Å². The summed E-state index contributed by atoms with van der Waals surface area (Å²) in [5, 5.41) is 0.292. The van der Waals surface area contributed by atoms with E-state index in [0.717, 1.165) is 12.8 Å². The normalized spacial score (nSPS) is 13.5. The maximum Gasteiger partial charge on any atom is 0.307 e. The minimum absolute atomic E-state index is 0.0472. The Morgan fingerprint density at radius 3 is 2.44 bits per heavy atom. The quantitative estimate of drug-likeness (QED) is 0.483. The molecule has 0 unspecified atom stereocenters. The molecule has 32 heavy (non-hydrogen) atoms. The van der Waals surface area contributed by atoms with E-state index >= 15 is 0 Å². The number of halogens is 2. The van der Waals surface area contributed by atoms with E-state index in [2.05, 4.69) is 4.72 Å². The monoisotopic (exact) mass is 498 g/mol. The summed E-state index contributed by atoms with van der Waals surface area (Å²) in [6.45, 7) is 2.89. The van der Waals surface area contributed by atoms with Crippen molar-refractivity contribution in [2.45, 2.75) is 31.1 Å². The SMILES string of the molecule is CCOC(=O)CCN(CC1CC1)C(=O)c1ccc(NS(=O)(=O)c2cc(Cl)ccc2Cl)cc1. The first kappa shape index (κ1) is 24.4. The molecule has 0 radical (unpaired) electrons. The largest absolute Gasteiger partial charge is 0.466 e. The van der Waals surface area contributed by atoms with Gasteiger partial charge in [0.2, 0.25) is 0 Å². The van der Waals surface area contributed by atoms with E-state index in [1.54, 1.807) is 24.0 Å². The van der Waals surface area contributed by atoms with E-state index < -0.39 is 10.0 Å². The van der Waals surface area contributed by atoms with Gasteiger partial charge in [-0.25, -0.2) is 8.42 Å². The molecule has 0 spiro atoms. The van der Waals surface area contributed by atoms with Gasteiger partial charge in [-0.2, -0.15) is 0 Å². The van der Waals surface area contributed by atoms with Gasteiger partial charge in [0, 0.05) is 29.4 Å². The number of hydrogen-bond acceptors (Lipinski definition) is 5. The predicted molar refractivity (Wildman–Crippen MR) is 124 cm³/mol. The van der Waals surface area contributed by atoms with Crippen molar-refractivity contribution in [3.8, 4) is 0 Å². The van der Waals surface area contributed by atoms with Gasteiger partial charge in [-0.05, 0) is 68.1 Å². The van der Waals surface area contributed by atoms with E-state index in [1.807, 2.05) is 0 Å². The summed E-state index contributed by atoms with van der Waals surface area (Å²) in [6, 6.07) is 10.3. The van der Waals surface area contributed by atoms with Crippen LogP contribution in [0.15, 0.2) is 47.4 Å². The zero-order valence-electron chi connectivity index (χ0n) is 17.5. The van der Waals surface area contributed by atoms with Gasteiger partial charge in [0.15, 0.2) is 0 Å². The minimum atomic E-state index is -3.96. The molecule has 1 saturated carbocycles. The number of carbonyl (C=O) groups excluding carboxylic acids is 2. The predicted octanol–water partition coefficient (Wildman–Crippen LogP) is 4.60. The summed E-state index contributed by atoms with van der Waals surface area (Å²) >= 11 is 11.9. The topological polar surface area (TPSA) is 92.8 Å². The summed E-state index contributed by atoms with van der Waals surface area (Å²) in [6.07, 6.45) is 2.26. The van der Waals surface area contributed by atoms with E-state index in [-0.39, 0.29) is 45.5 Å². The smallest absolute Gasteiger partial charge is 0.307 e. The Labute approximate surface area is 197 Å². The summed E-state index contributed by atoms with van der Waals surface area (Å²) in [7, 11) is -3.96.